The number of hydrogen-bond donors (Lipinski definition) is 2. The van der Waals surface area contributed by atoms with Crippen LogP contribution in [0.15, 0.2) is 47.6 Å². The molecule has 0 aliphatic heterocycles. The lowest BCUT2D eigenvalue weighted by Gasteiger charge is -2.19. The van der Waals surface area contributed by atoms with Gasteiger partial charge in [-0.2, -0.15) is 5.10 Å². The lowest BCUT2D eigenvalue weighted by molar-refractivity contribution is -0.120. The smallest absolute Gasteiger partial charge is 0.335 e. The summed E-state index contributed by atoms with van der Waals surface area (Å²) in [5.41, 5.74) is 0.153. The quantitative estimate of drug-likeness (QED) is 0.249. The molecule has 0 saturated heterocycles. The van der Waals surface area contributed by atoms with Gasteiger partial charge in [0.25, 0.3) is 6.43 Å². The van der Waals surface area contributed by atoms with E-state index >= 15 is 0 Å². The number of halogens is 4. The number of benzene rings is 2. The summed E-state index contributed by atoms with van der Waals surface area (Å²) >= 11 is 11.7. The molecule has 1 unspecified atom stereocenters. The Kier molecular flexibility index (Phi) is 9.87. The number of aromatic carboxylic acids is 1. The van der Waals surface area contributed by atoms with Gasteiger partial charge in [-0.25, -0.2) is 13.6 Å². The van der Waals surface area contributed by atoms with Crippen LogP contribution < -0.4 is 10.1 Å². The van der Waals surface area contributed by atoms with E-state index in [0.717, 1.165) is 5.01 Å². The Hall–Kier alpha value is -2.91. The third-order valence-electron chi connectivity index (χ3n) is 4.51. The van der Waals surface area contributed by atoms with Gasteiger partial charge in [0.15, 0.2) is 6.73 Å². The number of hydrogen-bond acceptors (Lipinski definition) is 5. The first-order chi connectivity index (χ1) is 15.6. The molecule has 0 bridgehead atoms. The second kappa shape index (κ2) is 12.4. The molecule has 0 radical (unpaired) electrons. The monoisotopic (exact) mass is 501 g/mol. The van der Waals surface area contributed by atoms with Crippen molar-refractivity contribution < 1.29 is 28.2 Å². The maximum Gasteiger partial charge on any atom is 0.335 e. The van der Waals surface area contributed by atoms with Crippen LogP contribution in [0.1, 0.15) is 41.7 Å². The second-order valence-corrected chi connectivity index (χ2v) is 7.85. The van der Waals surface area contributed by atoms with E-state index in [-0.39, 0.29) is 17.3 Å². The highest BCUT2D eigenvalue weighted by Crippen LogP contribution is 2.26. The molecule has 33 heavy (non-hydrogen) atoms. The van der Waals surface area contributed by atoms with Crippen LogP contribution in [0.2, 0.25) is 10.0 Å². The summed E-state index contributed by atoms with van der Waals surface area (Å²) in [5.74, 6) is -1.33. The van der Waals surface area contributed by atoms with Crippen LogP contribution in [0.25, 0.3) is 0 Å². The van der Waals surface area contributed by atoms with Crippen molar-refractivity contribution in [2.75, 3.05) is 13.8 Å². The molecule has 11 heteroatoms. The third kappa shape index (κ3) is 8.18. The number of carbonyl (C=O) groups excluding carboxylic acids is 1. The zero-order chi connectivity index (χ0) is 24.5. The van der Waals surface area contributed by atoms with Crippen LogP contribution in [0.3, 0.4) is 0 Å². The number of rotatable bonds is 11. The molecular formula is C22H23Cl2F2N3O4. The summed E-state index contributed by atoms with van der Waals surface area (Å²) < 4.78 is 32.4. The molecule has 0 aliphatic carbocycles. The van der Waals surface area contributed by atoms with Crippen molar-refractivity contribution >= 4 is 40.8 Å². The van der Waals surface area contributed by atoms with E-state index in [1.54, 1.807) is 18.2 Å². The first-order valence-electron chi connectivity index (χ1n) is 9.87. The third-order valence-corrected chi connectivity index (χ3v) is 5.24. The van der Waals surface area contributed by atoms with Gasteiger partial charge in [0, 0.05) is 13.1 Å². The molecule has 1 atom stereocenters. The number of ether oxygens (including phenoxy) is 1. The molecule has 7 nitrogen and oxygen atoms in total. The molecule has 0 heterocycles. The molecule has 178 valence electrons. The molecule has 2 aromatic rings. The standard InChI is InChI=1S/C22H23Cl2F2N3O4/c1-3-18(13-4-6-14(7-5-13)22(31)32)27-20(30)11-19(21(25)26)28-29(2)12-33-15-8-9-16(23)17(24)10-15/h4-10,18,21H,3,11-12H2,1-2H3,(H,27,30)(H,31,32). The zero-order valence-electron chi connectivity index (χ0n) is 17.9. The van der Waals surface area contributed by atoms with Gasteiger partial charge in [-0.15, -0.1) is 0 Å². The van der Waals surface area contributed by atoms with Crippen LogP contribution in [0.4, 0.5) is 8.78 Å². The van der Waals surface area contributed by atoms with Gasteiger partial charge >= 0.3 is 5.97 Å². The number of carboxylic acids is 1. The lowest BCUT2D eigenvalue weighted by atomic mass is 10.0. The largest absolute Gasteiger partial charge is 0.478 e. The summed E-state index contributed by atoms with van der Waals surface area (Å²) in [4.78, 5) is 23.4. The summed E-state index contributed by atoms with van der Waals surface area (Å²) in [7, 11) is 1.43. The summed E-state index contributed by atoms with van der Waals surface area (Å²) in [6.45, 7) is 1.65. The van der Waals surface area contributed by atoms with Crippen molar-refractivity contribution in [2.45, 2.75) is 32.2 Å². The predicted octanol–water partition coefficient (Wildman–Crippen LogP) is 5.24. The first-order valence-corrected chi connectivity index (χ1v) is 10.6. The van der Waals surface area contributed by atoms with Crippen LogP contribution in [-0.4, -0.2) is 47.9 Å². The number of nitrogens with one attached hydrogen (secondary N) is 1. The molecule has 2 N–H and O–H groups in total. The normalized spacial score (nSPS) is 12.4. The molecule has 0 spiro atoms. The average molecular weight is 502 g/mol. The number of hydrazone groups is 1. The van der Waals surface area contributed by atoms with E-state index in [1.807, 2.05) is 6.92 Å². The molecule has 0 aromatic heterocycles. The summed E-state index contributed by atoms with van der Waals surface area (Å²) in [6.07, 6.45) is -3.08. The van der Waals surface area contributed by atoms with E-state index < -0.39 is 36.5 Å². The van der Waals surface area contributed by atoms with Gasteiger partial charge in [0.05, 0.1) is 28.1 Å². The Balaban J connectivity index is 1.99. The Morgan fingerprint density at radius 2 is 1.82 bits per heavy atom. The van der Waals surface area contributed by atoms with Crippen LogP contribution >= 0.6 is 23.2 Å². The van der Waals surface area contributed by atoms with Crippen molar-refractivity contribution in [2.24, 2.45) is 5.10 Å². The molecule has 2 aromatic carbocycles. The van der Waals surface area contributed by atoms with Crippen LogP contribution in [0.5, 0.6) is 5.75 Å². The number of amides is 1. The fraction of sp³-hybridized carbons (Fsp3) is 0.318. The average Bonchev–Trinajstić information content (AvgIpc) is 2.77. The fourth-order valence-electron chi connectivity index (χ4n) is 2.83. The van der Waals surface area contributed by atoms with Crippen molar-refractivity contribution in [3.8, 4) is 5.75 Å². The van der Waals surface area contributed by atoms with E-state index in [1.165, 1.54) is 31.3 Å². The number of carbonyl (C=O) groups is 2. The van der Waals surface area contributed by atoms with E-state index in [2.05, 4.69) is 10.4 Å². The van der Waals surface area contributed by atoms with E-state index in [9.17, 15) is 18.4 Å². The molecule has 0 aliphatic rings. The number of nitrogens with zero attached hydrogens (tertiary/aromatic N) is 2. The minimum absolute atomic E-state index is 0.109. The second-order valence-electron chi connectivity index (χ2n) is 7.03. The number of carboxylic acid groups (broad SMARTS) is 1. The fourth-order valence-corrected chi connectivity index (χ4v) is 3.12. The van der Waals surface area contributed by atoms with Crippen molar-refractivity contribution in [1.29, 1.82) is 0 Å². The highest BCUT2D eigenvalue weighted by Gasteiger charge is 2.21. The van der Waals surface area contributed by atoms with Crippen LogP contribution in [-0.2, 0) is 4.79 Å². The minimum atomic E-state index is -2.95. The molecule has 2 rings (SSSR count). The topological polar surface area (TPSA) is 91.2 Å². The van der Waals surface area contributed by atoms with Crippen LogP contribution in [0, 0.1) is 0 Å². The van der Waals surface area contributed by atoms with Crippen molar-refractivity contribution in [3.05, 3.63) is 63.6 Å². The molecular weight excluding hydrogens is 479 g/mol. The van der Waals surface area contributed by atoms with Gasteiger partial charge < -0.3 is 15.2 Å². The Morgan fingerprint density at radius 1 is 1.15 bits per heavy atom. The summed E-state index contributed by atoms with van der Waals surface area (Å²) in [6, 6.07) is 10.1. The van der Waals surface area contributed by atoms with Gasteiger partial charge in [-0.3, -0.25) is 9.80 Å². The highest BCUT2D eigenvalue weighted by atomic mass is 35.5. The Bertz CT molecular complexity index is 1000. The zero-order valence-corrected chi connectivity index (χ0v) is 19.4. The lowest BCUT2D eigenvalue weighted by Crippen LogP contribution is -2.32. The maximum absolute atomic E-state index is 13.5. The Labute approximate surface area is 199 Å². The number of alkyl halides is 2. The van der Waals surface area contributed by atoms with Crippen molar-refractivity contribution in [1.82, 2.24) is 10.3 Å². The van der Waals surface area contributed by atoms with Gasteiger partial charge in [0.1, 0.15) is 11.5 Å². The van der Waals surface area contributed by atoms with Crippen molar-refractivity contribution in [3.63, 3.8) is 0 Å². The SMILES string of the molecule is CCC(NC(=O)CC(=NN(C)COc1ccc(Cl)c(Cl)c1)C(F)F)c1ccc(C(=O)O)cc1. The molecule has 0 fully saturated rings. The van der Waals surface area contributed by atoms with E-state index in [0.29, 0.717) is 22.8 Å². The van der Waals surface area contributed by atoms with Gasteiger partial charge in [0.2, 0.25) is 5.91 Å². The van der Waals surface area contributed by atoms with Gasteiger partial charge in [-0.05, 0) is 36.2 Å². The first kappa shape index (κ1) is 26.3. The summed E-state index contributed by atoms with van der Waals surface area (Å²) in [5, 5.41) is 17.2. The predicted molar refractivity (Wildman–Crippen MR) is 122 cm³/mol. The molecule has 1 amide bonds. The Morgan fingerprint density at radius 3 is 2.36 bits per heavy atom. The maximum atomic E-state index is 13.5. The van der Waals surface area contributed by atoms with E-state index in [4.69, 9.17) is 33.0 Å². The highest BCUT2D eigenvalue weighted by molar-refractivity contribution is 6.42. The minimum Gasteiger partial charge on any atom is -0.478 e. The van der Waals surface area contributed by atoms with Gasteiger partial charge in [-0.1, -0.05) is 42.3 Å². The molecule has 0 saturated carbocycles.